The third-order valence-electron chi connectivity index (χ3n) is 4.46. The van der Waals surface area contributed by atoms with Crippen molar-refractivity contribution in [1.82, 2.24) is 9.29 Å². The van der Waals surface area contributed by atoms with Gasteiger partial charge in [-0.3, -0.25) is 4.79 Å². The summed E-state index contributed by atoms with van der Waals surface area (Å²) in [5.74, 6) is -0.719. The minimum absolute atomic E-state index is 0.00950. The van der Waals surface area contributed by atoms with E-state index in [1.165, 1.54) is 41.9 Å². The molecule has 2 N–H and O–H groups in total. The molecule has 0 radical (unpaired) electrons. The monoisotopic (exact) mass is 421 g/mol. The molecule has 0 unspecified atom stereocenters. The second-order valence-electron chi connectivity index (χ2n) is 6.44. The summed E-state index contributed by atoms with van der Waals surface area (Å²) in [6, 6.07) is 6.92. The van der Waals surface area contributed by atoms with Crippen LogP contribution in [-0.2, 0) is 14.8 Å². The van der Waals surface area contributed by atoms with Gasteiger partial charge < -0.3 is 19.9 Å². The van der Waals surface area contributed by atoms with Crippen LogP contribution in [0.5, 0.6) is 11.6 Å². The van der Waals surface area contributed by atoms with Crippen molar-refractivity contribution in [3.8, 4) is 11.6 Å². The summed E-state index contributed by atoms with van der Waals surface area (Å²) >= 11 is 0. The molecule has 1 aliphatic heterocycles. The number of carbonyl (C=O) groups excluding carboxylic acids is 1. The van der Waals surface area contributed by atoms with Crippen molar-refractivity contribution in [2.75, 3.05) is 38.7 Å². The lowest BCUT2D eigenvalue weighted by Gasteiger charge is -2.17. The number of methoxy groups -OCH3 is 1. The number of phenols is 1. The summed E-state index contributed by atoms with van der Waals surface area (Å²) in [4.78, 5) is 16.8. The first-order chi connectivity index (χ1) is 13.9. The number of ether oxygens (including phenoxy) is 2. The lowest BCUT2D eigenvalue weighted by Crippen LogP contribution is -2.28. The van der Waals surface area contributed by atoms with Crippen LogP contribution in [-0.4, -0.2) is 62.1 Å². The minimum atomic E-state index is -3.68. The molecule has 0 atom stereocenters. The maximum Gasteiger partial charge on any atom is 0.261 e. The summed E-state index contributed by atoms with van der Waals surface area (Å²) in [6.07, 6.45) is 3.11. The van der Waals surface area contributed by atoms with Crippen molar-refractivity contribution in [2.45, 2.75) is 17.7 Å². The van der Waals surface area contributed by atoms with Crippen LogP contribution in [0, 0.1) is 0 Å². The number of phenolic OH excluding ortho intramolecular Hbond substituents is 1. The molecule has 0 saturated carbocycles. The number of benzene rings is 1. The first-order valence-electron chi connectivity index (χ1n) is 9.15. The lowest BCUT2D eigenvalue weighted by atomic mass is 10.2. The summed E-state index contributed by atoms with van der Waals surface area (Å²) in [5.41, 5.74) is 0.137. The smallest absolute Gasteiger partial charge is 0.261 e. The average molecular weight is 421 g/mol. The molecule has 156 valence electrons. The number of aromatic hydroxyl groups is 1. The maximum absolute atomic E-state index is 12.7. The molecule has 1 aliphatic rings. The molecule has 0 spiro atoms. The normalized spacial score (nSPS) is 14.7. The molecule has 0 bridgehead atoms. The predicted molar refractivity (Wildman–Crippen MR) is 106 cm³/mol. The number of hydrogen-bond acceptors (Lipinski definition) is 7. The van der Waals surface area contributed by atoms with Gasteiger partial charge in [0.15, 0.2) is 0 Å². The third kappa shape index (κ3) is 4.84. The van der Waals surface area contributed by atoms with Crippen molar-refractivity contribution in [2.24, 2.45) is 0 Å². The van der Waals surface area contributed by atoms with Gasteiger partial charge in [0, 0.05) is 26.4 Å². The zero-order chi connectivity index (χ0) is 20.9. The van der Waals surface area contributed by atoms with Gasteiger partial charge in [-0.25, -0.2) is 13.4 Å². The molecule has 1 fully saturated rings. The van der Waals surface area contributed by atoms with Crippen LogP contribution in [0.3, 0.4) is 0 Å². The largest absolute Gasteiger partial charge is 0.506 e. The quantitative estimate of drug-likeness (QED) is 0.493. The second kappa shape index (κ2) is 9.21. The van der Waals surface area contributed by atoms with Crippen molar-refractivity contribution in [3.63, 3.8) is 0 Å². The standard InChI is InChI=1S/C19H23N3O6S/c1-27-11-12-28-19-15(5-4-8-20-19)18(24)21-16-13-14(6-7-17(16)23)29(25,26)22-9-2-3-10-22/h4-8,13,23H,2-3,9-12H2,1H3,(H,21,24). The molecule has 10 heteroatoms. The van der Waals surface area contributed by atoms with E-state index in [9.17, 15) is 18.3 Å². The van der Waals surface area contributed by atoms with Gasteiger partial charge in [-0.1, -0.05) is 0 Å². The van der Waals surface area contributed by atoms with E-state index in [-0.39, 0.29) is 34.4 Å². The molecule has 3 rings (SSSR count). The third-order valence-corrected chi connectivity index (χ3v) is 6.36. The van der Waals surface area contributed by atoms with E-state index in [1.807, 2.05) is 0 Å². The number of nitrogens with one attached hydrogen (secondary N) is 1. The van der Waals surface area contributed by atoms with Gasteiger partial charge in [0.2, 0.25) is 15.9 Å². The van der Waals surface area contributed by atoms with Crippen LogP contribution in [0.15, 0.2) is 41.4 Å². The van der Waals surface area contributed by atoms with Gasteiger partial charge in [-0.2, -0.15) is 4.31 Å². The Bertz CT molecular complexity index is 974. The van der Waals surface area contributed by atoms with Crippen molar-refractivity contribution < 1.29 is 27.8 Å². The Labute approximate surface area is 169 Å². The van der Waals surface area contributed by atoms with Crippen LogP contribution in [0.1, 0.15) is 23.2 Å². The number of rotatable bonds is 8. The highest BCUT2D eigenvalue weighted by molar-refractivity contribution is 7.89. The number of pyridine rings is 1. The van der Waals surface area contributed by atoms with Gasteiger partial charge in [0.05, 0.1) is 17.2 Å². The molecule has 0 aliphatic carbocycles. The number of anilines is 1. The average Bonchev–Trinajstić information content (AvgIpc) is 3.26. The fraction of sp³-hybridized carbons (Fsp3) is 0.368. The Hall–Kier alpha value is -2.69. The Kier molecular flexibility index (Phi) is 6.68. The number of amides is 1. The number of sulfonamides is 1. The minimum Gasteiger partial charge on any atom is -0.506 e. The zero-order valence-electron chi connectivity index (χ0n) is 16.0. The molecule has 1 saturated heterocycles. The van der Waals surface area contributed by atoms with E-state index < -0.39 is 15.9 Å². The second-order valence-corrected chi connectivity index (χ2v) is 8.38. The summed E-state index contributed by atoms with van der Waals surface area (Å²) < 4.78 is 37.3. The number of hydrogen-bond donors (Lipinski definition) is 2. The van der Waals surface area contributed by atoms with Crippen molar-refractivity contribution in [1.29, 1.82) is 0 Å². The highest BCUT2D eigenvalue weighted by Crippen LogP contribution is 2.30. The van der Waals surface area contributed by atoms with E-state index in [4.69, 9.17) is 9.47 Å². The van der Waals surface area contributed by atoms with E-state index in [1.54, 1.807) is 6.07 Å². The molecule has 1 aromatic carbocycles. The van der Waals surface area contributed by atoms with Crippen molar-refractivity contribution in [3.05, 3.63) is 42.1 Å². The maximum atomic E-state index is 12.7. The number of aromatic nitrogens is 1. The molecule has 1 aromatic heterocycles. The van der Waals surface area contributed by atoms with Crippen LogP contribution >= 0.6 is 0 Å². The SMILES string of the molecule is COCCOc1ncccc1C(=O)Nc1cc(S(=O)(=O)N2CCCC2)ccc1O. The molecule has 2 aromatic rings. The van der Waals surface area contributed by atoms with Crippen LogP contribution in [0.25, 0.3) is 0 Å². The van der Waals surface area contributed by atoms with Crippen LogP contribution < -0.4 is 10.1 Å². The van der Waals surface area contributed by atoms with Gasteiger partial charge in [0.25, 0.3) is 5.91 Å². The van der Waals surface area contributed by atoms with Crippen LogP contribution in [0.4, 0.5) is 5.69 Å². The van der Waals surface area contributed by atoms with Crippen LogP contribution in [0.2, 0.25) is 0 Å². The Morgan fingerprint density at radius 1 is 1.24 bits per heavy atom. The number of nitrogens with zero attached hydrogens (tertiary/aromatic N) is 2. The van der Waals surface area contributed by atoms with E-state index in [0.29, 0.717) is 19.7 Å². The topological polar surface area (TPSA) is 118 Å². The predicted octanol–water partition coefficient (Wildman–Crippen LogP) is 1.85. The van der Waals surface area contributed by atoms with E-state index in [2.05, 4.69) is 10.3 Å². The molecular formula is C19H23N3O6S. The number of carbonyl (C=O) groups is 1. The Morgan fingerprint density at radius 2 is 2.00 bits per heavy atom. The Morgan fingerprint density at radius 3 is 2.72 bits per heavy atom. The summed E-state index contributed by atoms with van der Waals surface area (Å²) in [5, 5.41) is 12.7. The highest BCUT2D eigenvalue weighted by atomic mass is 32.2. The fourth-order valence-electron chi connectivity index (χ4n) is 2.94. The fourth-order valence-corrected chi connectivity index (χ4v) is 4.49. The van der Waals surface area contributed by atoms with Crippen molar-refractivity contribution >= 4 is 21.6 Å². The first kappa shape index (κ1) is 21.0. The van der Waals surface area contributed by atoms with Gasteiger partial charge in [0.1, 0.15) is 17.9 Å². The van der Waals surface area contributed by atoms with E-state index in [0.717, 1.165) is 12.8 Å². The molecule has 2 heterocycles. The van der Waals surface area contributed by atoms with Gasteiger partial charge in [-0.15, -0.1) is 0 Å². The first-order valence-corrected chi connectivity index (χ1v) is 10.6. The van der Waals surface area contributed by atoms with Gasteiger partial charge in [-0.05, 0) is 43.2 Å². The van der Waals surface area contributed by atoms with E-state index >= 15 is 0 Å². The lowest BCUT2D eigenvalue weighted by molar-refractivity contribution is 0.101. The molecule has 1 amide bonds. The Balaban J connectivity index is 1.83. The summed E-state index contributed by atoms with van der Waals surface area (Å²) in [6.45, 7) is 1.46. The molecule has 29 heavy (non-hydrogen) atoms. The zero-order valence-corrected chi connectivity index (χ0v) is 16.8. The molecular weight excluding hydrogens is 398 g/mol. The highest BCUT2D eigenvalue weighted by Gasteiger charge is 2.28. The molecule has 9 nitrogen and oxygen atoms in total. The summed E-state index contributed by atoms with van der Waals surface area (Å²) in [7, 11) is -2.15. The van der Waals surface area contributed by atoms with Gasteiger partial charge >= 0.3 is 0 Å².